The van der Waals surface area contributed by atoms with Crippen molar-refractivity contribution in [2.45, 2.75) is 44.4 Å². The molecule has 1 N–H and O–H groups in total. The molecule has 7 heteroatoms. The van der Waals surface area contributed by atoms with Gasteiger partial charge in [0, 0.05) is 19.2 Å². The van der Waals surface area contributed by atoms with E-state index in [9.17, 15) is 13.2 Å². The number of carbonyl (C=O) groups is 1. The van der Waals surface area contributed by atoms with E-state index in [1.165, 1.54) is 4.31 Å². The Hall–Kier alpha value is -1.44. The van der Waals surface area contributed by atoms with Crippen molar-refractivity contribution in [2.75, 3.05) is 12.4 Å². The lowest BCUT2D eigenvalue weighted by molar-refractivity contribution is -0.138. The van der Waals surface area contributed by atoms with Crippen LogP contribution in [0.2, 0.25) is 0 Å². The third kappa shape index (κ3) is 3.73. The molecule has 1 fully saturated rings. The molecule has 1 aromatic carbocycles. The third-order valence-corrected chi connectivity index (χ3v) is 6.43. The van der Waals surface area contributed by atoms with Gasteiger partial charge in [0.1, 0.15) is 0 Å². The number of benzene rings is 1. The van der Waals surface area contributed by atoms with Crippen molar-refractivity contribution in [3.8, 4) is 0 Å². The highest BCUT2D eigenvalue weighted by atomic mass is 32.2. The highest BCUT2D eigenvalue weighted by molar-refractivity contribution is 7.89. The minimum atomic E-state index is -3.56. The number of fused-ring (bicyclic) bond motifs is 1. The van der Waals surface area contributed by atoms with Gasteiger partial charge in [-0.05, 0) is 30.4 Å². The second kappa shape index (κ2) is 6.59. The lowest BCUT2D eigenvalue weighted by atomic mass is 9.94. The highest BCUT2D eigenvalue weighted by Gasteiger charge is 2.37. The van der Waals surface area contributed by atoms with Crippen LogP contribution >= 0.6 is 0 Å². The average Bonchev–Trinajstić information content (AvgIpc) is 2.98. The lowest BCUT2D eigenvalue weighted by Crippen LogP contribution is -2.47. The SMILES string of the molecule is O=C(O)C[C@@H]1Cc2ccccc2CN1S(=O)(=O)CC1CCCO1. The second-order valence-corrected chi connectivity index (χ2v) is 8.15. The number of hydrogen-bond donors (Lipinski definition) is 1. The molecule has 0 amide bonds. The van der Waals surface area contributed by atoms with Gasteiger partial charge in [0.25, 0.3) is 0 Å². The summed E-state index contributed by atoms with van der Waals surface area (Å²) >= 11 is 0. The van der Waals surface area contributed by atoms with Crippen LogP contribution < -0.4 is 0 Å². The maximum Gasteiger partial charge on any atom is 0.304 e. The van der Waals surface area contributed by atoms with E-state index in [0.29, 0.717) is 13.0 Å². The summed E-state index contributed by atoms with van der Waals surface area (Å²) in [7, 11) is -3.56. The molecular formula is C16H21NO5S. The standard InChI is InChI=1S/C16H21NO5S/c18-16(19)9-14-8-12-4-1-2-5-13(12)10-17(14)23(20,21)11-15-6-3-7-22-15/h1-2,4-5,14-15H,3,6-11H2,(H,18,19)/t14-,15?/m0/s1. The van der Waals surface area contributed by atoms with Gasteiger partial charge >= 0.3 is 5.97 Å². The van der Waals surface area contributed by atoms with Crippen molar-refractivity contribution in [2.24, 2.45) is 0 Å². The Labute approximate surface area is 136 Å². The zero-order valence-electron chi connectivity index (χ0n) is 12.8. The van der Waals surface area contributed by atoms with Gasteiger partial charge in [-0.2, -0.15) is 4.31 Å². The minimum Gasteiger partial charge on any atom is -0.481 e. The molecule has 6 nitrogen and oxygen atoms in total. The van der Waals surface area contributed by atoms with E-state index in [2.05, 4.69) is 0 Å². The first kappa shape index (κ1) is 16.4. The first-order chi connectivity index (χ1) is 11.0. The molecule has 3 rings (SSSR count). The third-order valence-electron chi connectivity index (χ3n) is 4.50. The normalized spacial score (nSPS) is 25.2. The summed E-state index contributed by atoms with van der Waals surface area (Å²) in [4.78, 5) is 11.2. The van der Waals surface area contributed by atoms with E-state index in [1.54, 1.807) is 0 Å². The van der Waals surface area contributed by atoms with E-state index in [1.807, 2.05) is 24.3 Å². The number of hydrogen-bond acceptors (Lipinski definition) is 4. The number of carboxylic acid groups (broad SMARTS) is 1. The smallest absolute Gasteiger partial charge is 0.304 e. The summed E-state index contributed by atoms with van der Waals surface area (Å²) in [6.45, 7) is 0.838. The Kier molecular flexibility index (Phi) is 4.70. The van der Waals surface area contributed by atoms with Crippen LogP contribution in [-0.4, -0.2) is 48.3 Å². The van der Waals surface area contributed by atoms with Gasteiger partial charge in [0.15, 0.2) is 0 Å². The number of nitrogens with zero attached hydrogens (tertiary/aromatic N) is 1. The number of sulfonamides is 1. The van der Waals surface area contributed by atoms with Crippen LogP contribution in [0.15, 0.2) is 24.3 Å². The van der Waals surface area contributed by atoms with Crippen LogP contribution in [0.3, 0.4) is 0 Å². The summed E-state index contributed by atoms with van der Waals surface area (Å²) < 4.78 is 32.4. The number of ether oxygens (including phenoxy) is 1. The van der Waals surface area contributed by atoms with Crippen molar-refractivity contribution < 1.29 is 23.1 Å². The first-order valence-electron chi connectivity index (χ1n) is 7.85. The molecule has 1 saturated heterocycles. The van der Waals surface area contributed by atoms with Crippen LogP contribution in [0.1, 0.15) is 30.4 Å². The molecule has 126 valence electrons. The molecule has 1 unspecified atom stereocenters. The maximum atomic E-state index is 12.8. The van der Waals surface area contributed by atoms with Gasteiger partial charge in [-0.3, -0.25) is 4.79 Å². The molecule has 2 heterocycles. The molecule has 0 aromatic heterocycles. The predicted molar refractivity (Wildman–Crippen MR) is 84.5 cm³/mol. The summed E-state index contributed by atoms with van der Waals surface area (Å²) in [5.41, 5.74) is 1.98. The maximum absolute atomic E-state index is 12.8. The fourth-order valence-electron chi connectivity index (χ4n) is 3.37. The molecule has 0 radical (unpaired) electrons. The highest BCUT2D eigenvalue weighted by Crippen LogP contribution is 2.29. The fourth-order valence-corrected chi connectivity index (χ4v) is 5.23. The van der Waals surface area contributed by atoms with Crippen LogP contribution in [0.5, 0.6) is 0 Å². The topological polar surface area (TPSA) is 83.9 Å². The molecule has 1 aromatic rings. The molecule has 2 atom stereocenters. The Morgan fingerprint density at radius 2 is 2.04 bits per heavy atom. The zero-order valence-corrected chi connectivity index (χ0v) is 13.7. The summed E-state index contributed by atoms with van der Waals surface area (Å²) in [5, 5.41) is 9.14. The van der Waals surface area contributed by atoms with Gasteiger partial charge in [-0.1, -0.05) is 24.3 Å². The monoisotopic (exact) mass is 339 g/mol. The lowest BCUT2D eigenvalue weighted by Gasteiger charge is -2.35. The van der Waals surface area contributed by atoms with Crippen molar-refractivity contribution in [3.05, 3.63) is 35.4 Å². The number of aliphatic carboxylic acids is 1. The van der Waals surface area contributed by atoms with Gasteiger partial charge in [0.2, 0.25) is 10.0 Å². The van der Waals surface area contributed by atoms with E-state index in [4.69, 9.17) is 9.84 Å². The van der Waals surface area contributed by atoms with E-state index in [-0.39, 0.29) is 24.8 Å². The molecule has 2 aliphatic rings. The van der Waals surface area contributed by atoms with Crippen molar-refractivity contribution in [1.29, 1.82) is 0 Å². The van der Waals surface area contributed by atoms with Crippen molar-refractivity contribution >= 4 is 16.0 Å². The Bertz CT molecular complexity index is 681. The van der Waals surface area contributed by atoms with Gasteiger partial charge < -0.3 is 9.84 Å². The minimum absolute atomic E-state index is 0.0642. The predicted octanol–water partition coefficient (Wildman–Crippen LogP) is 1.40. The van der Waals surface area contributed by atoms with E-state index in [0.717, 1.165) is 24.0 Å². The molecule has 0 aliphatic carbocycles. The van der Waals surface area contributed by atoms with Crippen LogP contribution in [0, 0.1) is 0 Å². The second-order valence-electron chi connectivity index (χ2n) is 6.18. The summed E-state index contributed by atoms with van der Waals surface area (Å²) in [6.07, 6.45) is 1.60. The first-order valence-corrected chi connectivity index (χ1v) is 9.46. The summed E-state index contributed by atoms with van der Waals surface area (Å²) in [5.74, 6) is -1.04. The Morgan fingerprint density at radius 3 is 2.70 bits per heavy atom. The molecule has 0 saturated carbocycles. The van der Waals surface area contributed by atoms with Crippen molar-refractivity contribution in [1.82, 2.24) is 4.31 Å². The van der Waals surface area contributed by atoms with Crippen LogP contribution in [0.25, 0.3) is 0 Å². The van der Waals surface area contributed by atoms with Crippen LogP contribution in [0.4, 0.5) is 0 Å². The Balaban J connectivity index is 1.85. The largest absolute Gasteiger partial charge is 0.481 e. The molecule has 0 bridgehead atoms. The molecular weight excluding hydrogens is 318 g/mol. The number of rotatable bonds is 5. The van der Waals surface area contributed by atoms with E-state index < -0.39 is 22.0 Å². The van der Waals surface area contributed by atoms with Gasteiger partial charge in [0.05, 0.1) is 18.3 Å². The molecule has 0 spiro atoms. The summed E-state index contributed by atoms with van der Waals surface area (Å²) in [6, 6.07) is 7.08. The van der Waals surface area contributed by atoms with E-state index >= 15 is 0 Å². The Morgan fingerprint density at radius 1 is 1.30 bits per heavy atom. The molecule has 2 aliphatic heterocycles. The van der Waals surface area contributed by atoms with Crippen LogP contribution in [-0.2, 0) is 32.5 Å². The number of carboxylic acids is 1. The van der Waals surface area contributed by atoms with Gasteiger partial charge in [-0.15, -0.1) is 0 Å². The average molecular weight is 339 g/mol. The van der Waals surface area contributed by atoms with Gasteiger partial charge in [-0.25, -0.2) is 8.42 Å². The quantitative estimate of drug-likeness (QED) is 0.876. The zero-order chi connectivity index (χ0) is 16.4. The fraction of sp³-hybridized carbons (Fsp3) is 0.562. The van der Waals surface area contributed by atoms with Crippen molar-refractivity contribution in [3.63, 3.8) is 0 Å². The molecule has 23 heavy (non-hydrogen) atoms.